The first-order chi connectivity index (χ1) is 33.6. The first-order valence-corrected chi connectivity index (χ1v) is 26.5. The Hall–Kier alpha value is -6.38. The second-order valence-corrected chi connectivity index (χ2v) is 22.0. The van der Waals surface area contributed by atoms with Crippen molar-refractivity contribution < 1.29 is 56.5 Å². The number of imide groups is 1. The summed E-state index contributed by atoms with van der Waals surface area (Å²) in [6.45, 7) is 11.1. The highest BCUT2D eigenvalue weighted by Crippen LogP contribution is 2.39. The average molecular weight is 1020 g/mol. The highest BCUT2D eigenvalue weighted by Gasteiger charge is 2.45. The van der Waals surface area contributed by atoms with Crippen LogP contribution in [0.4, 0.5) is 5.69 Å². The number of fused-ring (bicyclic) bond motifs is 1. The smallest absolute Gasteiger partial charge is 0.264 e. The highest BCUT2D eigenvalue weighted by atomic mass is 32.2. The zero-order valence-electron chi connectivity index (χ0n) is 41.5. The largest absolute Gasteiger partial charge is 0.493 e. The summed E-state index contributed by atoms with van der Waals surface area (Å²) in [5.74, 6) is -2.31. The Bertz CT molecular complexity index is 2750. The SMILES string of the molecule is CCOc1cc(C(CS(C)(=O)=O)N2C(=O)c3cccc(NC(=O)CCCCCCOc4cc(-c5scnc5C)ccc4CNC(=O)[C@@H]4C[C@@H](O)CN4C(=O)C(NC(C)=O)C(C)(C)C)c3C2=O)ccc1OC. The summed E-state index contributed by atoms with van der Waals surface area (Å²) in [7, 11) is -2.25. The maximum atomic E-state index is 14.1. The number of β-amino-alcohol motifs (C(OH)–C–C–N with tert-alkyl or cyclic N) is 1. The van der Waals surface area contributed by atoms with E-state index in [1.54, 1.807) is 36.7 Å². The molecule has 2 unspecified atom stereocenters. The average Bonchev–Trinajstić information content (AvgIpc) is 4.00. The van der Waals surface area contributed by atoms with Crippen molar-refractivity contribution in [3.05, 3.63) is 88.1 Å². The molecule has 4 aromatic rings. The quantitative estimate of drug-likeness (QED) is 0.0522. The number of rotatable bonds is 22. The number of benzene rings is 3. The molecule has 18 nitrogen and oxygen atoms in total. The Morgan fingerprint density at radius 2 is 1.70 bits per heavy atom. The maximum absolute atomic E-state index is 14.1. The number of unbranched alkanes of at least 4 members (excludes halogenated alkanes) is 3. The Labute approximate surface area is 418 Å². The van der Waals surface area contributed by atoms with Gasteiger partial charge in [-0.25, -0.2) is 13.4 Å². The van der Waals surface area contributed by atoms with Gasteiger partial charge in [-0.05, 0) is 73.6 Å². The van der Waals surface area contributed by atoms with Crippen LogP contribution >= 0.6 is 11.3 Å². The Balaban J connectivity index is 1.05. The summed E-state index contributed by atoms with van der Waals surface area (Å²) in [5.41, 5.74) is 4.10. The number of nitrogens with zero attached hydrogens (tertiary/aromatic N) is 3. The number of carbonyl (C=O) groups excluding carboxylic acids is 6. The number of sulfone groups is 1. The molecular formula is C51H64N6O12S2. The number of aliphatic hydroxyl groups excluding tert-OH is 1. The number of anilines is 1. The number of aromatic nitrogens is 1. The van der Waals surface area contributed by atoms with Gasteiger partial charge in [-0.1, -0.05) is 57.9 Å². The third-order valence-electron chi connectivity index (χ3n) is 12.3. The lowest BCUT2D eigenvalue weighted by atomic mass is 9.85. The van der Waals surface area contributed by atoms with Gasteiger partial charge in [0.15, 0.2) is 11.5 Å². The summed E-state index contributed by atoms with van der Waals surface area (Å²) in [6.07, 6.45) is 2.86. The number of hydrogen-bond acceptors (Lipinski definition) is 14. The van der Waals surface area contributed by atoms with Crippen molar-refractivity contribution in [2.24, 2.45) is 5.41 Å². The van der Waals surface area contributed by atoms with E-state index in [0.717, 1.165) is 33.7 Å². The van der Waals surface area contributed by atoms with Gasteiger partial charge in [0, 0.05) is 44.7 Å². The number of ether oxygens (including phenoxy) is 3. The van der Waals surface area contributed by atoms with Crippen molar-refractivity contribution in [3.8, 4) is 27.7 Å². The number of aliphatic hydroxyl groups is 1. The molecule has 2 aliphatic rings. The van der Waals surface area contributed by atoms with Crippen LogP contribution in [0.1, 0.15) is 117 Å². The molecule has 71 heavy (non-hydrogen) atoms. The minimum absolute atomic E-state index is 0.0177. The van der Waals surface area contributed by atoms with E-state index < -0.39 is 68.9 Å². The molecule has 1 fully saturated rings. The third-order valence-corrected chi connectivity index (χ3v) is 14.2. The standard InChI is InChI=1S/C51H64N6O12S2/c1-9-68-42-23-32(20-21-40(42)67-7)39(28-71(8,65)66)57-48(62)36-15-14-16-37(44(36)49(57)63)55-43(60)17-12-10-11-13-22-69-41-24-33(45-30(2)53-29-70-45)18-19-34(41)26-52-47(61)38-25-35(59)27-56(38)50(64)46(51(4,5)6)54-31(3)58/h14-16,18-21,23-24,29,35,38-39,46,59H,9-13,17,22,25-28H2,1-8H3,(H,52,61)(H,54,58)(H,55,60)/t35-,38+,39?,46?/m1/s1. The molecule has 0 spiro atoms. The predicted molar refractivity (Wildman–Crippen MR) is 268 cm³/mol. The number of methoxy groups -OCH3 is 1. The normalized spacial score (nSPS) is 16.6. The number of thiazole rings is 1. The van der Waals surface area contributed by atoms with Gasteiger partial charge in [0.25, 0.3) is 11.8 Å². The fourth-order valence-corrected chi connectivity index (χ4v) is 10.5. The van der Waals surface area contributed by atoms with Gasteiger partial charge in [-0.15, -0.1) is 11.3 Å². The second kappa shape index (κ2) is 23.2. The maximum Gasteiger partial charge on any atom is 0.264 e. The van der Waals surface area contributed by atoms with Crippen molar-refractivity contribution in [2.45, 2.75) is 111 Å². The monoisotopic (exact) mass is 1020 g/mol. The van der Waals surface area contributed by atoms with Gasteiger partial charge in [0.05, 0.1) is 71.1 Å². The van der Waals surface area contributed by atoms with Crippen molar-refractivity contribution in [1.29, 1.82) is 0 Å². The molecule has 3 aromatic carbocycles. The summed E-state index contributed by atoms with van der Waals surface area (Å²) >= 11 is 1.50. The van der Waals surface area contributed by atoms with Crippen LogP contribution in [0, 0.1) is 12.3 Å². The zero-order valence-corrected chi connectivity index (χ0v) is 43.1. The molecule has 20 heteroatoms. The van der Waals surface area contributed by atoms with Crippen molar-refractivity contribution in [1.82, 2.24) is 25.4 Å². The van der Waals surface area contributed by atoms with Crippen molar-refractivity contribution in [3.63, 3.8) is 0 Å². The highest BCUT2D eigenvalue weighted by molar-refractivity contribution is 7.90. The minimum Gasteiger partial charge on any atom is -0.493 e. The first-order valence-electron chi connectivity index (χ1n) is 23.6. The van der Waals surface area contributed by atoms with E-state index in [2.05, 4.69) is 20.9 Å². The van der Waals surface area contributed by atoms with E-state index in [0.29, 0.717) is 60.9 Å². The van der Waals surface area contributed by atoms with Crippen LogP contribution in [0.15, 0.2) is 60.1 Å². The lowest BCUT2D eigenvalue weighted by Crippen LogP contribution is -2.57. The fraction of sp³-hybridized carbons (Fsp3) is 0.471. The van der Waals surface area contributed by atoms with E-state index in [4.69, 9.17) is 14.2 Å². The lowest BCUT2D eigenvalue weighted by Gasteiger charge is -2.35. The number of amides is 6. The molecule has 2 aliphatic heterocycles. The first kappa shape index (κ1) is 54.0. The van der Waals surface area contributed by atoms with E-state index >= 15 is 0 Å². The van der Waals surface area contributed by atoms with E-state index in [-0.39, 0.29) is 54.6 Å². The van der Waals surface area contributed by atoms with E-state index in [9.17, 15) is 42.3 Å². The van der Waals surface area contributed by atoms with E-state index in [1.165, 1.54) is 42.4 Å². The van der Waals surface area contributed by atoms with Gasteiger partial charge in [0.1, 0.15) is 27.7 Å². The molecule has 6 amide bonds. The zero-order chi connectivity index (χ0) is 51.8. The molecule has 0 bridgehead atoms. The van der Waals surface area contributed by atoms with Crippen LogP contribution in [-0.2, 0) is 35.6 Å². The van der Waals surface area contributed by atoms with Crippen LogP contribution in [0.2, 0.25) is 0 Å². The van der Waals surface area contributed by atoms with Crippen LogP contribution in [0.5, 0.6) is 17.2 Å². The van der Waals surface area contributed by atoms with Crippen molar-refractivity contribution in [2.75, 3.05) is 44.2 Å². The number of carbonyl (C=O) groups is 6. The third kappa shape index (κ3) is 13.3. The minimum atomic E-state index is -3.72. The number of aryl methyl sites for hydroxylation is 1. The summed E-state index contributed by atoms with van der Waals surface area (Å²) in [6, 6.07) is 12.0. The number of hydrogen-bond donors (Lipinski definition) is 4. The Kier molecular flexibility index (Phi) is 17.7. The molecule has 0 saturated carbocycles. The lowest BCUT2D eigenvalue weighted by molar-refractivity contribution is -0.143. The molecule has 0 aliphatic carbocycles. The van der Waals surface area contributed by atoms with Gasteiger partial charge in [-0.3, -0.25) is 33.7 Å². The summed E-state index contributed by atoms with van der Waals surface area (Å²) in [5, 5.41) is 19.0. The summed E-state index contributed by atoms with van der Waals surface area (Å²) in [4.78, 5) is 88.3. The van der Waals surface area contributed by atoms with Crippen LogP contribution in [0.3, 0.4) is 0 Å². The number of nitrogens with one attached hydrogen (secondary N) is 3. The molecule has 0 radical (unpaired) electrons. The van der Waals surface area contributed by atoms with Gasteiger partial charge in [0.2, 0.25) is 23.6 Å². The second-order valence-electron chi connectivity index (χ2n) is 18.9. The molecule has 1 saturated heterocycles. The Morgan fingerprint density at radius 1 is 0.958 bits per heavy atom. The van der Waals surface area contributed by atoms with Crippen LogP contribution < -0.4 is 30.2 Å². The molecule has 382 valence electrons. The Morgan fingerprint density at radius 3 is 2.37 bits per heavy atom. The number of likely N-dealkylation sites (tertiary alicyclic amines) is 1. The van der Waals surface area contributed by atoms with Gasteiger partial charge < -0.3 is 40.2 Å². The molecule has 4 atom stereocenters. The predicted octanol–water partition coefficient (Wildman–Crippen LogP) is 6.00. The summed E-state index contributed by atoms with van der Waals surface area (Å²) < 4.78 is 42.8. The van der Waals surface area contributed by atoms with Crippen LogP contribution in [-0.4, -0.2) is 121 Å². The molecule has 4 N–H and O–H groups in total. The van der Waals surface area contributed by atoms with Crippen molar-refractivity contribution >= 4 is 62.3 Å². The van der Waals surface area contributed by atoms with Gasteiger partial charge >= 0.3 is 0 Å². The van der Waals surface area contributed by atoms with Crippen LogP contribution in [0.25, 0.3) is 10.4 Å². The topological polar surface area (TPSA) is 240 Å². The fourth-order valence-electron chi connectivity index (χ4n) is 8.78. The molecule has 1 aromatic heterocycles. The molecular weight excluding hydrogens is 953 g/mol. The van der Waals surface area contributed by atoms with Gasteiger partial charge in [-0.2, -0.15) is 0 Å². The van der Waals surface area contributed by atoms with E-state index in [1.807, 2.05) is 45.9 Å². The molecule has 6 rings (SSSR count). The molecule has 3 heterocycles.